The fourth-order valence-corrected chi connectivity index (χ4v) is 1.44. The van der Waals surface area contributed by atoms with Gasteiger partial charge in [-0.2, -0.15) is 0 Å². The third kappa shape index (κ3) is 3.04. The summed E-state index contributed by atoms with van der Waals surface area (Å²) >= 11 is 0. The van der Waals surface area contributed by atoms with Crippen LogP contribution in [-0.2, 0) is 0 Å². The molecule has 0 aliphatic heterocycles. The zero-order valence-electron chi connectivity index (χ0n) is 9.98. The molecule has 0 atom stereocenters. The monoisotopic (exact) mass is 264 g/mol. The summed E-state index contributed by atoms with van der Waals surface area (Å²) in [7, 11) is 1.44. The van der Waals surface area contributed by atoms with Gasteiger partial charge in [0.05, 0.1) is 24.6 Å². The van der Waals surface area contributed by atoms with Crippen LogP contribution in [0.25, 0.3) is 0 Å². The summed E-state index contributed by atoms with van der Waals surface area (Å²) in [6.07, 6.45) is 2.73. The Kier molecular flexibility index (Phi) is 3.70. The van der Waals surface area contributed by atoms with Crippen LogP contribution < -0.4 is 10.1 Å². The van der Waals surface area contributed by atoms with E-state index in [1.54, 1.807) is 0 Å². The minimum absolute atomic E-state index is 0.183. The number of aromatic nitrogens is 1. The van der Waals surface area contributed by atoms with Crippen LogP contribution in [0.1, 0.15) is 10.4 Å². The molecule has 0 saturated heterocycles. The molecule has 0 unspecified atom stereocenters. The first-order valence-electron chi connectivity index (χ1n) is 5.35. The van der Waals surface area contributed by atoms with Crippen LogP contribution >= 0.6 is 0 Å². The molecule has 0 aliphatic rings. The Morgan fingerprint density at radius 2 is 2.05 bits per heavy atom. The Labute approximate surface area is 108 Å². The summed E-state index contributed by atoms with van der Waals surface area (Å²) in [6.45, 7) is 0. The van der Waals surface area contributed by atoms with E-state index >= 15 is 0 Å². The largest absolute Gasteiger partial charge is 0.495 e. The first-order chi connectivity index (χ1) is 9.10. The van der Waals surface area contributed by atoms with Crippen LogP contribution in [0.2, 0.25) is 0 Å². The molecule has 4 nitrogen and oxygen atoms in total. The summed E-state index contributed by atoms with van der Waals surface area (Å²) in [6, 6.07) is 4.26. The number of rotatable bonds is 3. The lowest BCUT2D eigenvalue weighted by molar-refractivity contribution is 0.102. The van der Waals surface area contributed by atoms with Gasteiger partial charge in [0.25, 0.3) is 5.91 Å². The van der Waals surface area contributed by atoms with Crippen molar-refractivity contribution in [2.24, 2.45) is 0 Å². The molecule has 1 amide bonds. The third-order valence-corrected chi connectivity index (χ3v) is 2.39. The predicted molar refractivity (Wildman–Crippen MR) is 65.1 cm³/mol. The fraction of sp³-hybridized carbons (Fsp3) is 0.0769. The standard InChI is InChI=1S/C13H10F2N2O2/c1-19-10-4-8(6-16-7-10)13(18)17-12-5-9(14)2-3-11(12)15/h2-7H,1H3,(H,17,18). The Hall–Kier alpha value is -2.50. The number of methoxy groups -OCH3 is 1. The predicted octanol–water partition coefficient (Wildman–Crippen LogP) is 2.62. The highest BCUT2D eigenvalue weighted by atomic mass is 19.1. The lowest BCUT2D eigenvalue weighted by Crippen LogP contribution is -2.13. The minimum atomic E-state index is -0.717. The molecule has 0 saturated carbocycles. The van der Waals surface area contributed by atoms with Crippen molar-refractivity contribution < 1.29 is 18.3 Å². The molecule has 19 heavy (non-hydrogen) atoms. The van der Waals surface area contributed by atoms with Gasteiger partial charge in [-0.15, -0.1) is 0 Å². The number of anilines is 1. The zero-order chi connectivity index (χ0) is 13.8. The summed E-state index contributed by atoms with van der Waals surface area (Å²) < 4.78 is 31.3. The van der Waals surface area contributed by atoms with E-state index in [-0.39, 0.29) is 11.3 Å². The number of nitrogens with one attached hydrogen (secondary N) is 1. The van der Waals surface area contributed by atoms with Gasteiger partial charge in [0, 0.05) is 12.3 Å². The lowest BCUT2D eigenvalue weighted by Gasteiger charge is -2.07. The Bertz CT molecular complexity index is 617. The van der Waals surface area contributed by atoms with Gasteiger partial charge in [-0.1, -0.05) is 0 Å². The van der Waals surface area contributed by atoms with Gasteiger partial charge in [0.2, 0.25) is 0 Å². The molecule has 1 N–H and O–H groups in total. The van der Waals surface area contributed by atoms with E-state index < -0.39 is 17.5 Å². The van der Waals surface area contributed by atoms with Gasteiger partial charge >= 0.3 is 0 Å². The SMILES string of the molecule is COc1cncc(C(=O)Nc2cc(F)ccc2F)c1. The highest BCUT2D eigenvalue weighted by Crippen LogP contribution is 2.17. The molecule has 0 bridgehead atoms. The van der Waals surface area contributed by atoms with Crippen molar-refractivity contribution >= 4 is 11.6 Å². The molecule has 1 heterocycles. The highest BCUT2D eigenvalue weighted by molar-refractivity contribution is 6.04. The molecule has 0 spiro atoms. The number of ether oxygens (including phenoxy) is 1. The second-order valence-electron chi connectivity index (χ2n) is 3.69. The Balaban J connectivity index is 2.22. The van der Waals surface area contributed by atoms with E-state index in [1.807, 2.05) is 0 Å². The zero-order valence-corrected chi connectivity index (χ0v) is 9.98. The molecule has 1 aromatic carbocycles. The number of amides is 1. The molecule has 0 fully saturated rings. The van der Waals surface area contributed by atoms with Crippen molar-refractivity contribution in [2.45, 2.75) is 0 Å². The topological polar surface area (TPSA) is 51.2 Å². The Morgan fingerprint density at radius 3 is 2.79 bits per heavy atom. The molecule has 1 aromatic heterocycles. The number of carbonyl (C=O) groups is 1. The summed E-state index contributed by atoms with van der Waals surface area (Å²) in [5.74, 6) is -1.56. The van der Waals surface area contributed by atoms with Crippen LogP contribution in [0, 0.1) is 11.6 Å². The van der Waals surface area contributed by atoms with E-state index in [9.17, 15) is 13.6 Å². The van der Waals surface area contributed by atoms with Gasteiger partial charge in [-0.3, -0.25) is 9.78 Å². The molecular weight excluding hydrogens is 254 g/mol. The number of benzene rings is 1. The van der Waals surface area contributed by atoms with Crippen LogP contribution in [0.4, 0.5) is 14.5 Å². The maximum Gasteiger partial charge on any atom is 0.257 e. The molecule has 6 heteroatoms. The van der Waals surface area contributed by atoms with Crippen molar-refractivity contribution in [3.8, 4) is 5.75 Å². The summed E-state index contributed by atoms with van der Waals surface area (Å²) in [4.78, 5) is 15.7. The smallest absolute Gasteiger partial charge is 0.257 e. The fourth-order valence-electron chi connectivity index (χ4n) is 1.44. The minimum Gasteiger partial charge on any atom is -0.495 e. The second kappa shape index (κ2) is 5.43. The number of hydrogen-bond donors (Lipinski definition) is 1. The maximum atomic E-state index is 13.4. The maximum absolute atomic E-state index is 13.4. The molecule has 0 radical (unpaired) electrons. The normalized spacial score (nSPS) is 10.1. The summed E-state index contributed by atoms with van der Waals surface area (Å²) in [5, 5.41) is 2.27. The number of pyridine rings is 1. The lowest BCUT2D eigenvalue weighted by atomic mass is 10.2. The quantitative estimate of drug-likeness (QED) is 0.927. The third-order valence-electron chi connectivity index (χ3n) is 2.39. The van der Waals surface area contributed by atoms with E-state index in [4.69, 9.17) is 4.74 Å². The average Bonchev–Trinajstić information content (AvgIpc) is 2.43. The summed E-state index contributed by atoms with van der Waals surface area (Å²) in [5.41, 5.74) is -0.0455. The highest BCUT2D eigenvalue weighted by Gasteiger charge is 2.11. The average molecular weight is 264 g/mol. The first kappa shape index (κ1) is 12.9. The Morgan fingerprint density at radius 1 is 1.26 bits per heavy atom. The van der Waals surface area contributed by atoms with Gasteiger partial charge in [-0.25, -0.2) is 8.78 Å². The van der Waals surface area contributed by atoms with Gasteiger partial charge < -0.3 is 10.1 Å². The molecule has 2 aromatic rings. The molecule has 0 aliphatic carbocycles. The van der Waals surface area contributed by atoms with E-state index in [0.29, 0.717) is 5.75 Å². The van der Waals surface area contributed by atoms with Crippen LogP contribution in [0.15, 0.2) is 36.7 Å². The van der Waals surface area contributed by atoms with Crippen molar-refractivity contribution in [1.82, 2.24) is 4.98 Å². The number of halogens is 2. The van der Waals surface area contributed by atoms with E-state index in [1.165, 1.54) is 25.6 Å². The van der Waals surface area contributed by atoms with Crippen molar-refractivity contribution in [3.05, 3.63) is 53.9 Å². The molecule has 2 rings (SSSR count). The number of hydrogen-bond acceptors (Lipinski definition) is 3. The van der Waals surface area contributed by atoms with E-state index in [0.717, 1.165) is 18.2 Å². The van der Waals surface area contributed by atoms with Crippen LogP contribution in [0.5, 0.6) is 5.75 Å². The first-order valence-corrected chi connectivity index (χ1v) is 5.35. The number of carbonyl (C=O) groups excluding carboxylic acids is 1. The van der Waals surface area contributed by atoms with Gasteiger partial charge in [-0.05, 0) is 18.2 Å². The number of nitrogens with zero attached hydrogens (tertiary/aromatic N) is 1. The van der Waals surface area contributed by atoms with Crippen LogP contribution in [-0.4, -0.2) is 18.0 Å². The van der Waals surface area contributed by atoms with Crippen LogP contribution in [0.3, 0.4) is 0 Å². The van der Waals surface area contributed by atoms with E-state index in [2.05, 4.69) is 10.3 Å². The molecular formula is C13H10F2N2O2. The van der Waals surface area contributed by atoms with Crippen molar-refractivity contribution in [3.63, 3.8) is 0 Å². The second-order valence-corrected chi connectivity index (χ2v) is 3.69. The van der Waals surface area contributed by atoms with Gasteiger partial charge in [0.1, 0.15) is 17.4 Å². The van der Waals surface area contributed by atoms with Gasteiger partial charge in [0.15, 0.2) is 0 Å². The van der Waals surface area contributed by atoms with Crippen molar-refractivity contribution in [1.29, 1.82) is 0 Å². The molecule has 98 valence electrons. The van der Waals surface area contributed by atoms with Crippen molar-refractivity contribution in [2.75, 3.05) is 12.4 Å².